The highest BCUT2D eigenvalue weighted by atomic mass is 32.1. The number of amides is 1. The molecule has 0 bridgehead atoms. The maximum absolute atomic E-state index is 12.8. The Morgan fingerprint density at radius 2 is 1.97 bits per heavy atom. The fraction of sp³-hybridized carbons (Fsp3) is 0.190. The minimum Gasteiger partial charge on any atom is -0.310 e. The summed E-state index contributed by atoms with van der Waals surface area (Å²) in [4.78, 5) is 27.8. The number of carbonyl (C=O) groups is 1. The van der Waals surface area contributed by atoms with E-state index < -0.39 is 4.92 Å². The SMILES string of the molecule is O=C(Cc1ccc([N+](=O)[O-])cc1)Nc1c2c(nn1-c1nc3ccccc3s1)CCC2. The van der Waals surface area contributed by atoms with Crippen LogP contribution in [0.2, 0.25) is 0 Å². The summed E-state index contributed by atoms with van der Waals surface area (Å²) < 4.78 is 2.80. The lowest BCUT2D eigenvalue weighted by Gasteiger charge is -2.09. The normalized spacial score (nSPS) is 12.8. The van der Waals surface area contributed by atoms with Crippen LogP contribution in [0.3, 0.4) is 0 Å². The molecule has 1 amide bonds. The van der Waals surface area contributed by atoms with Gasteiger partial charge in [0.2, 0.25) is 11.0 Å². The van der Waals surface area contributed by atoms with Crippen molar-refractivity contribution in [3.05, 3.63) is 75.5 Å². The molecule has 5 rings (SSSR count). The van der Waals surface area contributed by atoms with Crippen LogP contribution in [0.1, 0.15) is 23.2 Å². The molecule has 0 saturated heterocycles. The molecule has 0 spiro atoms. The van der Waals surface area contributed by atoms with Crippen molar-refractivity contribution in [3.63, 3.8) is 0 Å². The van der Waals surface area contributed by atoms with Crippen molar-refractivity contribution in [2.24, 2.45) is 0 Å². The highest BCUT2D eigenvalue weighted by Crippen LogP contribution is 2.33. The van der Waals surface area contributed by atoms with Crippen LogP contribution in [0.4, 0.5) is 11.5 Å². The first-order valence-electron chi connectivity index (χ1n) is 9.58. The van der Waals surface area contributed by atoms with Crippen molar-refractivity contribution in [1.29, 1.82) is 0 Å². The average molecular weight is 419 g/mol. The van der Waals surface area contributed by atoms with Gasteiger partial charge in [-0.15, -0.1) is 0 Å². The molecule has 2 aromatic heterocycles. The first-order valence-corrected chi connectivity index (χ1v) is 10.4. The van der Waals surface area contributed by atoms with E-state index in [9.17, 15) is 14.9 Å². The van der Waals surface area contributed by atoms with Crippen molar-refractivity contribution in [2.75, 3.05) is 5.32 Å². The van der Waals surface area contributed by atoms with E-state index in [1.54, 1.807) is 16.8 Å². The second-order valence-corrected chi connectivity index (χ2v) is 8.16. The largest absolute Gasteiger partial charge is 0.310 e. The Morgan fingerprint density at radius 1 is 1.17 bits per heavy atom. The molecule has 1 N–H and O–H groups in total. The number of rotatable bonds is 5. The fourth-order valence-corrected chi connectivity index (χ4v) is 4.63. The Kier molecular flexibility index (Phi) is 4.51. The number of nitrogens with one attached hydrogen (secondary N) is 1. The van der Waals surface area contributed by atoms with Crippen LogP contribution < -0.4 is 5.32 Å². The molecule has 1 aliphatic carbocycles. The molecular formula is C21H17N5O3S. The number of nitro benzene ring substituents is 1. The predicted molar refractivity (Wildman–Crippen MR) is 114 cm³/mol. The van der Waals surface area contributed by atoms with Crippen molar-refractivity contribution >= 4 is 39.0 Å². The average Bonchev–Trinajstić information content (AvgIpc) is 3.43. The molecule has 150 valence electrons. The number of non-ortho nitro benzene ring substituents is 1. The summed E-state index contributed by atoms with van der Waals surface area (Å²) in [6.07, 6.45) is 2.90. The second kappa shape index (κ2) is 7.34. The minimum atomic E-state index is -0.455. The Bertz CT molecular complexity index is 1240. The Labute approximate surface area is 175 Å². The zero-order valence-electron chi connectivity index (χ0n) is 15.9. The van der Waals surface area contributed by atoms with Crippen LogP contribution in [0.5, 0.6) is 0 Å². The van der Waals surface area contributed by atoms with Crippen molar-refractivity contribution in [1.82, 2.24) is 14.8 Å². The number of nitro groups is 1. The van der Waals surface area contributed by atoms with E-state index in [4.69, 9.17) is 5.10 Å². The third kappa shape index (κ3) is 3.33. The highest BCUT2D eigenvalue weighted by Gasteiger charge is 2.25. The van der Waals surface area contributed by atoms with Crippen molar-refractivity contribution < 1.29 is 9.72 Å². The molecule has 30 heavy (non-hydrogen) atoms. The third-order valence-corrected chi connectivity index (χ3v) is 6.15. The van der Waals surface area contributed by atoms with Gasteiger partial charge >= 0.3 is 0 Å². The maximum atomic E-state index is 12.8. The van der Waals surface area contributed by atoms with Crippen LogP contribution in [0.15, 0.2) is 48.5 Å². The smallest absolute Gasteiger partial charge is 0.269 e. The van der Waals surface area contributed by atoms with E-state index in [1.807, 2.05) is 24.3 Å². The van der Waals surface area contributed by atoms with Gasteiger partial charge in [0, 0.05) is 17.7 Å². The molecule has 1 aliphatic rings. The zero-order valence-corrected chi connectivity index (χ0v) is 16.7. The standard InChI is InChI=1S/C21H17N5O3S/c27-19(12-13-8-10-14(11-9-13)26(28)29)23-20-15-4-3-6-16(15)24-25(20)21-22-17-5-1-2-7-18(17)30-21/h1-2,5,7-11H,3-4,6,12H2,(H,23,27). The van der Waals surface area contributed by atoms with E-state index in [-0.39, 0.29) is 18.0 Å². The fourth-order valence-electron chi connectivity index (χ4n) is 3.71. The number of aromatic nitrogens is 3. The quantitative estimate of drug-likeness (QED) is 0.388. The molecule has 0 aliphatic heterocycles. The van der Waals surface area contributed by atoms with Gasteiger partial charge in [-0.05, 0) is 37.0 Å². The number of carbonyl (C=O) groups excluding carboxylic acids is 1. The van der Waals surface area contributed by atoms with Gasteiger partial charge in [0.15, 0.2) is 0 Å². The van der Waals surface area contributed by atoms with Crippen molar-refractivity contribution in [3.8, 4) is 5.13 Å². The van der Waals surface area contributed by atoms with Gasteiger partial charge in [-0.2, -0.15) is 9.78 Å². The van der Waals surface area contributed by atoms with Crippen LogP contribution >= 0.6 is 11.3 Å². The molecule has 0 fully saturated rings. The molecule has 0 atom stereocenters. The number of fused-ring (bicyclic) bond motifs is 2. The Balaban J connectivity index is 1.43. The van der Waals surface area contributed by atoms with Gasteiger partial charge in [0.25, 0.3) is 5.69 Å². The predicted octanol–water partition coefficient (Wildman–Crippen LogP) is 4.06. The summed E-state index contributed by atoms with van der Waals surface area (Å²) in [5.74, 6) is 0.481. The van der Waals surface area contributed by atoms with E-state index in [1.165, 1.54) is 23.5 Å². The monoisotopic (exact) mass is 419 g/mol. The maximum Gasteiger partial charge on any atom is 0.269 e. The number of hydrogen-bond acceptors (Lipinski definition) is 6. The lowest BCUT2D eigenvalue weighted by molar-refractivity contribution is -0.384. The summed E-state index contributed by atoms with van der Waals surface area (Å²) in [6, 6.07) is 13.9. The molecule has 2 heterocycles. The summed E-state index contributed by atoms with van der Waals surface area (Å²) in [5, 5.41) is 19.3. The van der Waals surface area contributed by atoms with Gasteiger partial charge in [0.05, 0.1) is 27.3 Å². The molecular weight excluding hydrogens is 402 g/mol. The number of anilines is 1. The van der Waals surface area contributed by atoms with E-state index in [2.05, 4.69) is 10.3 Å². The number of para-hydroxylation sites is 1. The van der Waals surface area contributed by atoms with Gasteiger partial charge < -0.3 is 5.32 Å². The first kappa shape index (κ1) is 18.4. The molecule has 8 nitrogen and oxygen atoms in total. The lowest BCUT2D eigenvalue weighted by Crippen LogP contribution is -2.18. The zero-order chi connectivity index (χ0) is 20.7. The number of hydrogen-bond donors (Lipinski definition) is 1. The molecule has 4 aromatic rings. The van der Waals surface area contributed by atoms with Gasteiger partial charge in [0.1, 0.15) is 5.82 Å². The number of benzene rings is 2. The first-order chi connectivity index (χ1) is 14.6. The van der Waals surface area contributed by atoms with Gasteiger partial charge in [-0.25, -0.2) is 4.98 Å². The van der Waals surface area contributed by atoms with Crippen LogP contribution in [-0.4, -0.2) is 25.6 Å². The van der Waals surface area contributed by atoms with Crippen LogP contribution in [0.25, 0.3) is 15.3 Å². The molecule has 0 unspecified atom stereocenters. The number of nitrogens with zero attached hydrogens (tertiary/aromatic N) is 4. The van der Waals surface area contributed by atoms with Gasteiger partial charge in [-0.1, -0.05) is 35.6 Å². The van der Waals surface area contributed by atoms with Crippen molar-refractivity contribution in [2.45, 2.75) is 25.7 Å². The van der Waals surface area contributed by atoms with E-state index in [0.717, 1.165) is 45.9 Å². The summed E-state index contributed by atoms with van der Waals surface area (Å²) >= 11 is 1.53. The molecule has 0 radical (unpaired) electrons. The minimum absolute atomic E-state index is 0.00545. The van der Waals surface area contributed by atoms with E-state index in [0.29, 0.717) is 11.4 Å². The Morgan fingerprint density at radius 3 is 2.73 bits per heavy atom. The highest BCUT2D eigenvalue weighted by molar-refractivity contribution is 7.20. The third-order valence-electron chi connectivity index (χ3n) is 5.14. The van der Waals surface area contributed by atoms with Crippen LogP contribution in [-0.2, 0) is 24.1 Å². The van der Waals surface area contributed by atoms with E-state index >= 15 is 0 Å². The topological polar surface area (TPSA) is 103 Å². The lowest BCUT2D eigenvalue weighted by atomic mass is 10.1. The second-order valence-electron chi connectivity index (χ2n) is 7.15. The molecule has 9 heteroatoms. The Hall–Kier alpha value is -3.59. The number of thiazole rings is 1. The summed E-state index contributed by atoms with van der Waals surface area (Å²) in [7, 11) is 0. The van der Waals surface area contributed by atoms with Gasteiger partial charge in [-0.3, -0.25) is 14.9 Å². The molecule has 0 saturated carbocycles. The summed E-state index contributed by atoms with van der Waals surface area (Å²) in [6.45, 7) is 0. The molecule has 2 aromatic carbocycles. The summed E-state index contributed by atoms with van der Waals surface area (Å²) in [5.41, 5.74) is 3.68. The van der Waals surface area contributed by atoms with Crippen LogP contribution in [0, 0.1) is 10.1 Å². The number of aryl methyl sites for hydroxylation is 1.